The van der Waals surface area contributed by atoms with Gasteiger partial charge in [0.2, 0.25) is 0 Å². The van der Waals surface area contributed by atoms with Crippen molar-refractivity contribution in [1.82, 2.24) is 10.3 Å². The van der Waals surface area contributed by atoms with E-state index in [2.05, 4.69) is 15.2 Å². The summed E-state index contributed by atoms with van der Waals surface area (Å²) in [6.45, 7) is 3.88. The van der Waals surface area contributed by atoms with Gasteiger partial charge in [0.15, 0.2) is 0 Å². The molecule has 94 valence electrons. The minimum atomic E-state index is -0.135. The number of aromatic nitrogens is 1. The third-order valence-electron chi connectivity index (χ3n) is 3.29. The van der Waals surface area contributed by atoms with Crippen molar-refractivity contribution >= 4 is 28.1 Å². The van der Waals surface area contributed by atoms with E-state index in [4.69, 9.17) is 11.6 Å². The maximum absolute atomic E-state index is 11.7. The number of hydrogen-bond donors (Lipinski definition) is 2. The maximum Gasteiger partial charge on any atom is 0.257 e. The van der Waals surface area contributed by atoms with E-state index < -0.39 is 0 Å². The smallest absolute Gasteiger partial charge is 0.257 e. The molecule has 0 bridgehead atoms. The minimum Gasteiger partial charge on any atom is -0.369 e. The molecule has 18 heavy (non-hydrogen) atoms. The number of hydrogen-bond acceptors (Lipinski definition) is 3. The Hall–Kier alpha value is -1.52. The Bertz CT molecular complexity index is 632. The lowest BCUT2D eigenvalue weighted by molar-refractivity contribution is 0.589. The molecule has 4 nitrogen and oxygen atoms in total. The van der Waals surface area contributed by atoms with Crippen LogP contribution >= 0.6 is 11.6 Å². The van der Waals surface area contributed by atoms with Gasteiger partial charge in [-0.2, -0.15) is 0 Å². The van der Waals surface area contributed by atoms with Gasteiger partial charge in [0.05, 0.1) is 10.4 Å². The second kappa shape index (κ2) is 4.63. The van der Waals surface area contributed by atoms with Gasteiger partial charge in [0, 0.05) is 38.1 Å². The van der Waals surface area contributed by atoms with Gasteiger partial charge in [0.25, 0.3) is 5.56 Å². The van der Waals surface area contributed by atoms with Gasteiger partial charge in [-0.05, 0) is 23.6 Å². The van der Waals surface area contributed by atoms with Gasteiger partial charge in [-0.25, -0.2) is 0 Å². The largest absolute Gasteiger partial charge is 0.369 e. The molecular formula is C13H14ClN3O. The predicted octanol–water partition coefficient (Wildman–Crippen LogP) is 1.59. The van der Waals surface area contributed by atoms with E-state index in [1.165, 1.54) is 0 Å². The Labute approximate surface area is 110 Å². The molecule has 1 saturated heterocycles. The SMILES string of the molecule is O=c1[nH]ccc2cc(N3CCNCC3)cc(Cl)c12. The van der Waals surface area contributed by atoms with Crippen molar-refractivity contribution in [3.05, 3.63) is 39.8 Å². The monoisotopic (exact) mass is 263 g/mol. The number of nitrogens with one attached hydrogen (secondary N) is 2. The average molecular weight is 264 g/mol. The summed E-state index contributed by atoms with van der Waals surface area (Å²) in [4.78, 5) is 16.7. The second-order valence-electron chi connectivity index (χ2n) is 4.44. The van der Waals surface area contributed by atoms with Crippen LogP contribution in [0.2, 0.25) is 5.02 Å². The Morgan fingerprint density at radius 2 is 2.00 bits per heavy atom. The second-order valence-corrected chi connectivity index (χ2v) is 4.84. The predicted molar refractivity (Wildman–Crippen MR) is 74.7 cm³/mol. The number of H-pyrrole nitrogens is 1. The number of fused-ring (bicyclic) bond motifs is 1. The molecule has 1 fully saturated rings. The van der Waals surface area contributed by atoms with E-state index in [1.54, 1.807) is 6.20 Å². The lowest BCUT2D eigenvalue weighted by atomic mass is 10.1. The highest BCUT2D eigenvalue weighted by atomic mass is 35.5. The fourth-order valence-electron chi connectivity index (χ4n) is 2.37. The molecule has 5 heteroatoms. The zero-order chi connectivity index (χ0) is 12.5. The normalized spacial score (nSPS) is 16.2. The summed E-state index contributed by atoms with van der Waals surface area (Å²) in [5.41, 5.74) is 0.948. The van der Waals surface area contributed by atoms with Gasteiger partial charge in [-0.15, -0.1) is 0 Å². The van der Waals surface area contributed by atoms with Gasteiger partial charge in [-0.3, -0.25) is 4.79 Å². The fourth-order valence-corrected chi connectivity index (χ4v) is 2.68. The first-order valence-electron chi connectivity index (χ1n) is 6.02. The van der Waals surface area contributed by atoms with Gasteiger partial charge in [0.1, 0.15) is 0 Å². The van der Waals surface area contributed by atoms with Crippen LogP contribution in [0.1, 0.15) is 0 Å². The van der Waals surface area contributed by atoms with E-state index in [1.807, 2.05) is 18.2 Å². The number of pyridine rings is 1. The molecule has 0 spiro atoms. The van der Waals surface area contributed by atoms with Crippen LogP contribution < -0.4 is 15.8 Å². The van der Waals surface area contributed by atoms with Crippen molar-refractivity contribution in [2.75, 3.05) is 31.1 Å². The van der Waals surface area contributed by atoms with E-state index in [9.17, 15) is 4.79 Å². The minimum absolute atomic E-state index is 0.135. The molecular weight excluding hydrogens is 250 g/mol. The quantitative estimate of drug-likeness (QED) is 0.822. The number of halogens is 1. The highest BCUT2D eigenvalue weighted by Gasteiger charge is 2.13. The Morgan fingerprint density at radius 3 is 2.78 bits per heavy atom. The molecule has 0 saturated carbocycles. The first-order valence-corrected chi connectivity index (χ1v) is 6.40. The van der Waals surface area contributed by atoms with Gasteiger partial charge in [-0.1, -0.05) is 11.6 Å². The third kappa shape index (κ3) is 1.98. The third-order valence-corrected chi connectivity index (χ3v) is 3.59. The summed E-state index contributed by atoms with van der Waals surface area (Å²) in [7, 11) is 0. The number of piperazine rings is 1. The molecule has 0 unspecified atom stereocenters. The molecule has 2 N–H and O–H groups in total. The van der Waals surface area contributed by atoms with Gasteiger partial charge >= 0.3 is 0 Å². The van der Waals surface area contributed by atoms with E-state index in [-0.39, 0.29) is 5.56 Å². The van der Waals surface area contributed by atoms with E-state index in [0.29, 0.717) is 10.4 Å². The molecule has 0 aliphatic carbocycles. The topological polar surface area (TPSA) is 48.1 Å². The highest BCUT2D eigenvalue weighted by Crippen LogP contribution is 2.27. The van der Waals surface area contributed by atoms with E-state index >= 15 is 0 Å². The number of nitrogens with zero attached hydrogens (tertiary/aromatic N) is 1. The van der Waals surface area contributed by atoms with Crippen LogP contribution in [-0.4, -0.2) is 31.2 Å². The number of anilines is 1. The molecule has 1 aromatic heterocycles. The number of benzene rings is 1. The van der Waals surface area contributed by atoms with Crippen LogP contribution in [0, 0.1) is 0 Å². The van der Waals surface area contributed by atoms with Crippen molar-refractivity contribution in [2.24, 2.45) is 0 Å². The Balaban J connectivity index is 2.12. The highest BCUT2D eigenvalue weighted by molar-refractivity contribution is 6.35. The van der Waals surface area contributed by atoms with Crippen LogP contribution in [-0.2, 0) is 0 Å². The van der Waals surface area contributed by atoms with Crippen LogP contribution in [0.5, 0.6) is 0 Å². The zero-order valence-corrected chi connectivity index (χ0v) is 10.6. The van der Waals surface area contributed by atoms with Crippen molar-refractivity contribution in [2.45, 2.75) is 0 Å². The standard InChI is InChI=1S/C13H14ClN3O/c14-11-8-10(17-5-3-15-4-6-17)7-9-1-2-16-13(18)12(9)11/h1-2,7-8,15H,3-6H2,(H,16,18). The van der Waals surface area contributed by atoms with Crippen LogP contribution in [0.15, 0.2) is 29.2 Å². The van der Waals surface area contributed by atoms with Crippen LogP contribution in [0.25, 0.3) is 10.8 Å². The molecule has 1 aliphatic heterocycles. The summed E-state index contributed by atoms with van der Waals surface area (Å²) < 4.78 is 0. The van der Waals surface area contributed by atoms with Crippen molar-refractivity contribution < 1.29 is 0 Å². The fraction of sp³-hybridized carbons (Fsp3) is 0.308. The molecule has 0 radical (unpaired) electrons. The molecule has 1 aromatic carbocycles. The van der Waals surface area contributed by atoms with Crippen molar-refractivity contribution in [1.29, 1.82) is 0 Å². The van der Waals surface area contributed by atoms with Gasteiger partial charge < -0.3 is 15.2 Å². The summed E-state index contributed by atoms with van der Waals surface area (Å²) in [5, 5.41) is 5.29. The number of aromatic amines is 1. The van der Waals surface area contributed by atoms with Crippen LogP contribution in [0.4, 0.5) is 5.69 Å². The Kier molecular flexibility index (Phi) is 2.97. The first kappa shape index (κ1) is 11.6. The average Bonchev–Trinajstić information content (AvgIpc) is 2.39. The first-order chi connectivity index (χ1) is 8.75. The van der Waals surface area contributed by atoms with Crippen LogP contribution in [0.3, 0.4) is 0 Å². The zero-order valence-electron chi connectivity index (χ0n) is 9.87. The lowest BCUT2D eigenvalue weighted by Crippen LogP contribution is -2.43. The number of rotatable bonds is 1. The van der Waals surface area contributed by atoms with Crippen molar-refractivity contribution in [3.8, 4) is 0 Å². The lowest BCUT2D eigenvalue weighted by Gasteiger charge is -2.29. The molecule has 2 heterocycles. The molecule has 3 rings (SSSR count). The summed E-state index contributed by atoms with van der Waals surface area (Å²) in [6.07, 6.45) is 1.66. The Morgan fingerprint density at radius 1 is 1.22 bits per heavy atom. The summed E-state index contributed by atoms with van der Waals surface area (Å²) in [6, 6.07) is 5.79. The van der Waals surface area contributed by atoms with Crippen molar-refractivity contribution in [3.63, 3.8) is 0 Å². The molecule has 2 aromatic rings. The summed E-state index contributed by atoms with van der Waals surface area (Å²) in [5.74, 6) is 0. The maximum atomic E-state index is 11.7. The molecule has 1 aliphatic rings. The van der Waals surface area contributed by atoms with E-state index in [0.717, 1.165) is 37.3 Å². The summed E-state index contributed by atoms with van der Waals surface area (Å²) >= 11 is 6.22. The molecule has 0 amide bonds. The molecule has 0 atom stereocenters.